The van der Waals surface area contributed by atoms with Crippen LogP contribution in [0.1, 0.15) is 36.5 Å². The molecule has 0 aromatic heterocycles. The molecule has 0 radical (unpaired) electrons. The van der Waals surface area contributed by atoms with Crippen molar-refractivity contribution in [1.82, 2.24) is 0 Å². The smallest absolute Gasteiger partial charge is 0.0681 e. The van der Waals surface area contributed by atoms with E-state index in [0.717, 1.165) is 11.3 Å². The Morgan fingerprint density at radius 3 is 2.00 bits per heavy atom. The lowest BCUT2D eigenvalue weighted by molar-refractivity contribution is 0.282. The summed E-state index contributed by atoms with van der Waals surface area (Å²) in [4.78, 5) is 1.30. The summed E-state index contributed by atoms with van der Waals surface area (Å²) in [5, 5.41) is 9.00. The highest BCUT2D eigenvalue weighted by Gasteiger charge is 2.00. The Hall–Kier alpha value is -1.25. The summed E-state index contributed by atoms with van der Waals surface area (Å²) < 4.78 is 0. The first-order chi connectivity index (χ1) is 9.19. The van der Waals surface area contributed by atoms with Crippen molar-refractivity contribution in [1.29, 1.82) is 0 Å². The largest absolute Gasteiger partial charge is 0.392 e. The monoisotopic (exact) mass is 272 g/mol. The van der Waals surface area contributed by atoms with Gasteiger partial charge in [-0.25, -0.2) is 0 Å². The first-order valence-electron chi connectivity index (χ1n) is 6.60. The Balaban J connectivity index is 1.94. The van der Waals surface area contributed by atoms with Crippen LogP contribution in [0.4, 0.5) is 0 Å². The van der Waals surface area contributed by atoms with Gasteiger partial charge in [0.2, 0.25) is 0 Å². The summed E-state index contributed by atoms with van der Waals surface area (Å²) in [6.45, 7) is 4.54. The van der Waals surface area contributed by atoms with Crippen molar-refractivity contribution < 1.29 is 5.11 Å². The minimum Gasteiger partial charge on any atom is -0.392 e. The predicted molar refractivity (Wildman–Crippen MR) is 82.5 cm³/mol. The maximum atomic E-state index is 9.00. The molecule has 19 heavy (non-hydrogen) atoms. The lowest BCUT2D eigenvalue weighted by atomic mass is 10.0. The van der Waals surface area contributed by atoms with E-state index in [9.17, 15) is 0 Å². The van der Waals surface area contributed by atoms with E-state index >= 15 is 0 Å². The van der Waals surface area contributed by atoms with Crippen LogP contribution >= 0.6 is 11.8 Å². The van der Waals surface area contributed by atoms with Gasteiger partial charge in [0.15, 0.2) is 0 Å². The molecule has 1 nitrogen and oxygen atoms in total. The number of aliphatic hydroxyl groups is 1. The van der Waals surface area contributed by atoms with Gasteiger partial charge in [-0.3, -0.25) is 0 Å². The van der Waals surface area contributed by atoms with E-state index < -0.39 is 0 Å². The summed E-state index contributed by atoms with van der Waals surface area (Å²) in [6, 6.07) is 16.9. The molecule has 0 aliphatic heterocycles. The van der Waals surface area contributed by atoms with Crippen LogP contribution < -0.4 is 0 Å². The average Bonchev–Trinajstić information content (AvgIpc) is 2.46. The standard InChI is InChI=1S/C17H20OS/c1-13(2)16-7-9-17(10-8-16)19-12-15-5-3-14(11-18)4-6-15/h3-10,13,18H,11-12H2,1-2H3. The van der Waals surface area contributed by atoms with E-state index in [1.807, 2.05) is 23.9 Å². The molecule has 0 saturated heterocycles. The van der Waals surface area contributed by atoms with Crippen LogP contribution in [-0.2, 0) is 12.4 Å². The fourth-order valence-corrected chi connectivity index (χ4v) is 2.71. The lowest BCUT2D eigenvalue weighted by Crippen LogP contribution is -1.87. The Kier molecular flexibility index (Phi) is 5.06. The molecule has 2 aromatic carbocycles. The van der Waals surface area contributed by atoms with E-state index in [0.29, 0.717) is 5.92 Å². The van der Waals surface area contributed by atoms with Crippen molar-refractivity contribution in [2.45, 2.75) is 37.0 Å². The second-order valence-corrected chi connectivity index (χ2v) is 6.04. The number of thioether (sulfide) groups is 1. The summed E-state index contributed by atoms with van der Waals surface area (Å²) in [6.07, 6.45) is 0. The first-order valence-corrected chi connectivity index (χ1v) is 7.59. The van der Waals surface area contributed by atoms with Gasteiger partial charge in [-0.05, 0) is 34.7 Å². The Morgan fingerprint density at radius 1 is 0.895 bits per heavy atom. The molecule has 2 aromatic rings. The summed E-state index contributed by atoms with van der Waals surface area (Å²) in [5.41, 5.74) is 3.64. The van der Waals surface area contributed by atoms with Crippen LogP contribution in [0.25, 0.3) is 0 Å². The molecule has 0 amide bonds. The number of hydrogen-bond donors (Lipinski definition) is 1. The van der Waals surface area contributed by atoms with Gasteiger partial charge in [0.05, 0.1) is 6.61 Å². The number of rotatable bonds is 5. The molecule has 0 heterocycles. The number of aliphatic hydroxyl groups excluding tert-OH is 1. The van der Waals surface area contributed by atoms with Crippen LogP contribution in [0.15, 0.2) is 53.4 Å². The van der Waals surface area contributed by atoms with Crippen LogP contribution in [0.2, 0.25) is 0 Å². The molecule has 1 N–H and O–H groups in total. The van der Waals surface area contributed by atoms with Crippen molar-refractivity contribution >= 4 is 11.8 Å². The fourth-order valence-electron chi connectivity index (χ4n) is 1.86. The molecule has 0 aliphatic carbocycles. The normalized spacial score (nSPS) is 10.9. The van der Waals surface area contributed by atoms with Crippen molar-refractivity contribution in [3.05, 3.63) is 65.2 Å². The van der Waals surface area contributed by atoms with Gasteiger partial charge in [-0.15, -0.1) is 11.8 Å². The molecule has 0 spiro atoms. The highest BCUT2D eigenvalue weighted by atomic mass is 32.2. The average molecular weight is 272 g/mol. The van der Waals surface area contributed by atoms with Crippen molar-refractivity contribution in [3.63, 3.8) is 0 Å². The highest BCUT2D eigenvalue weighted by molar-refractivity contribution is 7.98. The second-order valence-electron chi connectivity index (χ2n) is 4.99. The van der Waals surface area contributed by atoms with Crippen LogP contribution in [0, 0.1) is 0 Å². The maximum absolute atomic E-state index is 9.00. The third kappa shape index (κ3) is 4.12. The van der Waals surface area contributed by atoms with E-state index in [4.69, 9.17) is 5.11 Å². The molecular formula is C17H20OS. The molecular weight excluding hydrogens is 252 g/mol. The maximum Gasteiger partial charge on any atom is 0.0681 e. The van der Waals surface area contributed by atoms with Gasteiger partial charge in [0, 0.05) is 10.6 Å². The third-order valence-electron chi connectivity index (χ3n) is 3.16. The number of hydrogen-bond acceptors (Lipinski definition) is 2. The Labute approximate surface area is 119 Å². The molecule has 100 valence electrons. The van der Waals surface area contributed by atoms with Crippen molar-refractivity contribution in [2.24, 2.45) is 0 Å². The molecule has 0 unspecified atom stereocenters. The zero-order valence-electron chi connectivity index (χ0n) is 11.5. The number of benzene rings is 2. The van der Waals surface area contributed by atoms with E-state index in [1.54, 1.807) is 0 Å². The predicted octanol–water partition coefficient (Wildman–Crippen LogP) is 4.59. The molecule has 0 aliphatic rings. The van der Waals surface area contributed by atoms with Gasteiger partial charge in [0.25, 0.3) is 0 Å². The van der Waals surface area contributed by atoms with Gasteiger partial charge in [0.1, 0.15) is 0 Å². The quantitative estimate of drug-likeness (QED) is 0.803. The molecule has 0 atom stereocenters. The highest BCUT2D eigenvalue weighted by Crippen LogP contribution is 2.25. The Bertz CT molecular complexity index is 500. The van der Waals surface area contributed by atoms with E-state index in [1.165, 1.54) is 16.0 Å². The van der Waals surface area contributed by atoms with Crippen molar-refractivity contribution in [2.75, 3.05) is 0 Å². The zero-order chi connectivity index (χ0) is 13.7. The summed E-state index contributed by atoms with van der Waals surface area (Å²) in [7, 11) is 0. The topological polar surface area (TPSA) is 20.2 Å². The molecule has 0 saturated carbocycles. The lowest BCUT2D eigenvalue weighted by Gasteiger charge is -2.07. The minimum atomic E-state index is 0.115. The fraction of sp³-hybridized carbons (Fsp3) is 0.294. The zero-order valence-corrected chi connectivity index (χ0v) is 12.3. The second kappa shape index (κ2) is 6.78. The van der Waals surface area contributed by atoms with Gasteiger partial charge in [-0.1, -0.05) is 50.2 Å². The van der Waals surface area contributed by atoms with Gasteiger partial charge in [-0.2, -0.15) is 0 Å². The SMILES string of the molecule is CC(C)c1ccc(SCc2ccc(CO)cc2)cc1. The van der Waals surface area contributed by atoms with Gasteiger partial charge >= 0.3 is 0 Å². The minimum absolute atomic E-state index is 0.115. The Morgan fingerprint density at radius 2 is 1.47 bits per heavy atom. The van der Waals surface area contributed by atoms with Crippen LogP contribution in [0.3, 0.4) is 0 Å². The van der Waals surface area contributed by atoms with E-state index in [-0.39, 0.29) is 6.61 Å². The summed E-state index contributed by atoms with van der Waals surface area (Å²) >= 11 is 1.84. The molecule has 2 rings (SSSR count). The van der Waals surface area contributed by atoms with E-state index in [2.05, 4.69) is 50.2 Å². The van der Waals surface area contributed by atoms with Crippen LogP contribution in [-0.4, -0.2) is 5.11 Å². The van der Waals surface area contributed by atoms with Gasteiger partial charge < -0.3 is 5.11 Å². The molecule has 2 heteroatoms. The molecule has 0 fully saturated rings. The summed E-state index contributed by atoms with van der Waals surface area (Å²) in [5.74, 6) is 1.55. The first kappa shape index (κ1) is 14.2. The molecule has 0 bridgehead atoms. The third-order valence-corrected chi connectivity index (χ3v) is 4.24. The van der Waals surface area contributed by atoms with Crippen molar-refractivity contribution in [3.8, 4) is 0 Å². The van der Waals surface area contributed by atoms with Crippen LogP contribution in [0.5, 0.6) is 0 Å².